The van der Waals surface area contributed by atoms with Gasteiger partial charge in [0.15, 0.2) is 0 Å². The third-order valence-corrected chi connectivity index (χ3v) is 4.43. The number of nitrogens with one attached hydrogen (secondary N) is 1. The van der Waals surface area contributed by atoms with Crippen molar-refractivity contribution in [3.05, 3.63) is 35.9 Å². The van der Waals surface area contributed by atoms with E-state index in [2.05, 4.69) is 18.6 Å². The quantitative estimate of drug-likeness (QED) is 0.751. The molecule has 0 heterocycles. The molecule has 1 N–H and O–H groups in total. The molecule has 1 rings (SSSR count). The Hall–Kier alpha value is -0.580. The first-order valence-electron chi connectivity index (χ1n) is 6.54. The van der Waals surface area contributed by atoms with E-state index in [0.717, 1.165) is 12.0 Å². The van der Waals surface area contributed by atoms with Gasteiger partial charge in [0.25, 0.3) is 0 Å². The maximum absolute atomic E-state index is 11.8. The van der Waals surface area contributed by atoms with Gasteiger partial charge in [-0.1, -0.05) is 44.2 Å². The molecule has 1 atom stereocenters. The van der Waals surface area contributed by atoms with Crippen LogP contribution in [0.4, 0.5) is 0 Å². The van der Waals surface area contributed by atoms with Crippen molar-refractivity contribution < 1.29 is 8.42 Å². The first kappa shape index (κ1) is 16.5. The lowest BCUT2D eigenvalue weighted by atomic mass is 10.1. The smallest absolute Gasteiger partial charge is 0.211 e. The van der Waals surface area contributed by atoms with Crippen LogP contribution >= 0.6 is 11.6 Å². The third-order valence-electron chi connectivity index (χ3n) is 2.75. The molecule has 0 amide bonds. The molecule has 0 radical (unpaired) electrons. The molecular weight excluding hydrogens is 282 g/mol. The zero-order chi connectivity index (χ0) is 14.3. The zero-order valence-corrected chi connectivity index (χ0v) is 13.0. The lowest BCUT2D eigenvalue weighted by Gasteiger charge is -2.13. The van der Waals surface area contributed by atoms with E-state index < -0.39 is 10.0 Å². The number of hydrogen-bond acceptors (Lipinski definition) is 2. The molecule has 0 aliphatic carbocycles. The summed E-state index contributed by atoms with van der Waals surface area (Å²) in [5.41, 5.74) is 1.03. The molecule has 5 heteroatoms. The Morgan fingerprint density at radius 1 is 1.21 bits per heavy atom. The van der Waals surface area contributed by atoms with E-state index in [4.69, 9.17) is 11.6 Å². The molecule has 0 spiro atoms. The van der Waals surface area contributed by atoms with E-state index in [9.17, 15) is 8.42 Å². The Bertz CT molecular complexity index is 460. The first-order chi connectivity index (χ1) is 8.89. The Kier molecular flexibility index (Phi) is 6.83. The van der Waals surface area contributed by atoms with Crippen LogP contribution in [0.2, 0.25) is 0 Å². The summed E-state index contributed by atoms with van der Waals surface area (Å²) in [5, 5.41) is -0.147. The summed E-state index contributed by atoms with van der Waals surface area (Å²) in [6, 6.07) is 9.59. The molecular formula is C14H22ClNO2S. The van der Waals surface area contributed by atoms with Gasteiger partial charge in [-0.25, -0.2) is 13.1 Å². The highest BCUT2D eigenvalue weighted by molar-refractivity contribution is 7.89. The van der Waals surface area contributed by atoms with E-state index in [1.807, 2.05) is 30.3 Å². The molecule has 0 saturated heterocycles. The van der Waals surface area contributed by atoms with Crippen molar-refractivity contribution in [2.45, 2.75) is 32.1 Å². The minimum absolute atomic E-state index is 0.0995. The van der Waals surface area contributed by atoms with Crippen LogP contribution in [-0.4, -0.2) is 26.1 Å². The van der Waals surface area contributed by atoms with Crippen molar-refractivity contribution in [3.8, 4) is 0 Å². The van der Waals surface area contributed by atoms with Crippen molar-refractivity contribution in [1.29, 1.82) is 0 Å². The minimum Gasteiger partial charge on any atom is -0.214 e. The molecule has 0 bridgehead atoms. The molecule has 19 heavy (non-hydrogen) atoms. The fourth-order valence-corrected chi connectivity index (χ4v) is 3.41. The topological polar surface area (TPSA) is 46.2 Å². The summed E-state index contributed by atoms with van der Waals surface area (Å²) in [5.74, 6) is 0.568. The summed E-state index contributed by atoms with van der Waals surface area (Å²) in [7, 11) is -3.25. The normalized spacial score (nSPS) is 13.7. The van der Waals surface area contributed by atoms with Gasteiger partial charge in [0.1, 0.15) is 0 Å². The SMILES string of the molecule is CC(C)CC(Cl)CNS(=O)(=O)CCc1ccccc1. The molecule has 1 aromatic rings. The lowest BCUT2D eigenvalue weighted by molar-refractivity contribution is 0.544. The molecule has 1 unspecified atom stereocenters. The van der Waals surface area contributed by atoms with E-state index in [1.165, 1.54) is 0 Å². The van der Waals surface area contributed by atoms with Crippen molar-refractivity contribution in [1.82, 2.24) is 4.72 Å². The van der Waals surface area contributed by atoms with Gasteiger partial charge in [-0.2, -0.15) is 0 Å². The van der Waals surface area contributed by atoms with E-state index in [-0.39, 0.29) is 11.1 Å². The van der Waals surface area contributed by atoms with Crippen LogP contribution in [0, 0.1) is 5.92 Å². The van der Waals surface area contributed by atoms with Crippen molar-refractivity contribution in [2.75, 3.05) is 12.3 Å². The average Bonchev–Trinajstić information content (AvgIpc) is 2.35. The Balaban J connectivity index is 2.36. The van der Waals surface area contributed by atoms with Gasteiger partial charge in [-0.15, -0.1) is 11.6 Å². The standard InChI is InChI=1S/C14H22ClNO2S/c1-12(2)10-14(15)11-16-19(17,18)9-8-13-6-4-3-5-7-13/h3-7,12,14,16H,8-11H2,1-2H3. The summed E-state index contributed by atoms with van der Waals surface area (Å²) in [6.07, 6.45) is 1.33. The molecule has 0 aromatic heterocycles. The molecule has 0 fully saturated rings. The number of aryl methyl sites for hydroxylation is 1. The van der Waals surface area contributed by atoms with E-state index in [0.29, 0.717) is 18.9 Å². The van der Waals surface area contributed by atoms with Gasteiger partial charge in [0.05, 0.1) is 5.75 Å². The fraction of sp³-hybridized carbons (Fsp3) is 0.571. The number of alkyl halides is 1. The largest absolute Gasteiger partial charge is 0.214 e. The monoisotopic (exact) mass is 303 g/mol. The number of benzene rings is 1. The average molecular weight is 304 g/mol. The molecule has 0 saturated carbocycles. The molecule has 108 valence electrons. The van der Waals surface area contributed by atoms with E-state index in [1.54, 1.807) is 0 Å². The maximum Gasteiger partial charge on any atom is 0.211 e. The summed E-state index contributed by atoms with van der Waals surface area (Å²) in [4.78, 5) is 0. The highest BCUT2D eigenvalue weighted by atomic mass is 35.5. The summed E-state index contributed by atoms with van der Waals surface area (Å²) >= 11 is 6.07. The molecule has 1 aromatic carbocycles. The van der Waals surface area contributed by atoms with Gasteiger partial charge >= 0.3 is 0 Å². The second-order valence-electron chi connectivity index (χ2n) is 5.13. The van der Waals surface area contributed by atoms with Crippen LogP contribution in [0.1, 0.15) is 25.8 Å². The molecule has 3 nitrogen and oxygen atoms in total. The van der Waals surface area contributed by atoms with Gasteiger partial charge in [0, 0.05) is 11.9 Å². The zero-order valence-electron chi connectivity index (χ0n) is 11.5. The van der Waals surface area contributed by atoms with Crippen LogP contribution in [-0.2, 0) is 16.4 Å². The maximum atomic E-state index is 11.8. The Morgan fingerprint density at radius 3 is 2.42 bits per heavy atom. The molecule has 0 aliphatic rings. The number of rotatable bonds is 8. The second kappa shape index (κ2) is 7.88. The third kappa shape index (κ3) is 7.55. The predicted octanol–water partition coefficient (Wildman–Crippen LogP) is 2.80. The second-order valence-corrected chi connectivity index (χ2v) is 7.67. The van der Waals surface area contributed by atoms with Gasteiger partial charge < -0.3 is 0 Å². The first-order valence-corrected chi connectivity index (χ1v) is 8.63. The van der Waals surface area contributed by atoms with Crippen LogP contribution in [0.5, 0.6) is 0 Å². The van der Waals surface area contributed by atoms with Crippen LogP contribution in [0.3, 0.4) is 0 Å². The van der Waals surface area contributed by atoms with Crippen molar-refractivity contribution >= 4 is 21.6 Å². The highest BCUT2D eigenvalue weighted by Gasteiger charge is 2.14. The minimum atomic E-state index is -3.25. The number of sulfonamides is 1. The van der Waals surface area contributed by atoms with Crippen LogP contribution < -0.4 is 4.72 Å². The molecule has 0 aliphatic heterocycles. The van der Waals surface area contributed by atoms with Gasteiger partial charge in [0.2, 0.25) is 10.0 Å². The predicted molar refractivity (Wildman–Crippen MR) is 81.0 cm³/mol. The van der Waals surface area contributed by atoms with Crippen molar-refractivity contribution in [3.63, 3.8) is 0 Å². The Labute approximate surface area is 121 Å². The van der Waals surface area contributed by atoms with E-state index >= 15 is 0 Å². The van der Waals surface area contributed by atoms with Crippen molar-refractivity contribution in [2.24, 2.45) is 5.92 Å². The number of hydrogen-bond donors (Lipinski definition) is 1. The number of halogens is 1. The fourth-order valence-electron chi connectivity index (χ4n) is 1.78. The van der Waals surface area contributed by atoms with Crippen LogP contribution in [0.15, 0.2) is 30.3 Å². The van der Waals surface area contributed by atoms with Gasteiger partial charge in [-0.3, -0.25) is 0 Å². The summed E-state index contributed by atoms with van der Waals surface area (Å²) in [6.45, 7) is 4.44. The van der Waals surface area contributed by atoms with Gasteiger partial charge in [-0.05, 0) is 24.3 Å². The lowest BCUT2D eigenvalue weighted by Crippen LogP contribution is -2.32. The Morgan fingerprint density at radius 2 is 1.84 bits per heavy atom. The summed E-state index contributed by atoms with van der Waals surface area (Å²) < 4.78 is 26.2. The highest BCUT2D eigenvalue weighted by Crippen LogP contribution is 2.10. The van der Waals surface area contributed by atoms with Crippen LogP contribution in [0.25, 0.3) is 0 Å².